The number of urea groups is 2. The van der Waals surface area contributed by atoms with E-state index < -0.39 is 12.1 Å². The van der Waals surface area contributed by atoms with Gasteiger partial charge in [0.2, 0.25) is 0 Å². The molecule has 2 heterocycles. The van der Waals surface area contributed by atoms with Crippen LogP contribution in [0.1, 0.15) is 0 Å². The predicted molar refractivity (Wildman–Crippen MR) is 134 cm³/mol. The zero-order chi connectivity index (χ0) is 23.5. The number of nitrogens with two attached hydrogens (primary N) is 4. The van der Waals surface area contributed by atoms with Crippen molar-refractivity contribution in [3.8, 4) is 11.1 Å². The minimum Gasteiger partial charge on any atom is -0.353 e. The second-order valence-corrected chi connectivity index (χ2v) is 8.83. The average molecular weight is 480 g/mol. The molecule has 0 bridgehead atoms. The van der Waals surface area contributed by atoms with E-state index in [0.717, 1.165) is 36.7 Å². The van der Waals surface area contributed by atoms with Gasteiger partial charge in [-0.2, -0.15) is 11.3 Å². The lowest BCUT2D eigenvalue weighted by Gasteiger charge is -2.24. The summed E-state index contributed by atoms with van der Waals surface area (Å²) in [5.74, 6) is 11.8. The maximum Gasteiger partial charge on any atom is 0.333 e. The summed E-state index contributed by atoms with van der Waals surface area (Å²) < 4.78 is 0. The fourth-order valence-corrected chi connectivity index (χ4v) is 4.88. The second kappa shape index (κ2) is 9.38. The average Bonchev–Trinajstić information content (AvgIpc) is 2.91. The summed E-state index contributed by atoms with van der Waals surface area (Å²) in [4.78, 5) is 25.6. The zero-order valence-electron chi connectivity index (χ0n) is 17.3. The number of fused-ring (bicyclic) bond motifs is 2. The number of rotatable bonds is 3. The molecule has 4 rings (SSSR count). The molecule has 2 aromatic carbocycles. The van der Waals surface area contributed by atoms with E-state index in [1.807, 2.05) is 42.5 Å². The van der Waals surface area contributed by atoms with Crippen molar-refractivity contribution in [2.24, 2.45) is 23.2 Å². The molecule has 0 aliphatic carbocycles. The summed E-state index contributed by atoms with van der Waals surface area (Å²) in [5, 5.41) is 8.53. The van der Waals surface area contributed by atoms with Gasteiger partial charge in [-0.05, 0) is 47.3 Å². The van der Waals surface area contributed by atoms with Gasteiger partial charge < -0.3 is 16.8 Å². The van der Waals surface area contributed by atoms with Gasteiger partial charge in [0.25, 0.3) is 0 Å². The third kappa shape index (κ3) is 4.71. The molecule has 9 nitrogen and oxygen atoms in total. The van der Waals surface area contributed by atoms with Crippen LogP contribution in [0.2, 0.25) is 0 Å². The molecule has 1 aromatic heterocycles. The summed E-state index contributed by atoms with van der Waals surface area (Å²) in [6, 6.07) is 17.2. The van der Waals surface area contributed by atoms with E-state index in [4.69, 9.17) is 23.2 Å². The van der Waals surface area contributed by atoms with Crippen molar-refractivity contribution in [3.05, 3.63) is 71.4 Å². The smallest absolute Gasteiger partial charge is 0.333 e. The Morgan fingerprint density at radius 2 is 1.48 bits per heavy atom. The van der Waals surface area contributed by atoms with E-state index in [0.29, 0.717) is 16.9 Å². The van der Waals surface area contributed by atoms with E-state index in [1.54, 1.807) is 40.7 Å². The van der Waals surface area contributed by atoms with Crippen LogP contribution < -0.4 is 38.5 Å². The number of hydrogen-bond acceptors (Lipinski definition) is 7. The van der Waals surface area contributed by atoms with Crippen LogP contribution in [0.15, 0.2) is 81.2 Å². The van der Waals surface area contributed by atoms with Crippen molar-refractivity contribution in [1.29, 1.82) is 0 Å². The molecule has 11 heteroatoms. The summed E-state index contributed by atoms with van der Waals surface area (Å²) in [5.41, 5.74) is 14.8. The lowest BCUT2D eigenvalue weighted by molar-refractivity contribution is 0.253. The Labute approximate surface area is 198 Å². The van der Waals surface area contributed by atoms with Crippen molar-refractivity contribution in [1.82, 2.24) is 0 Å². The topological polar surface area (TPSA) is 157 Å². The maximum absolute atomic E-state index is 11.8. The fraction of sp³-hybridized carbons (Fsp3) is 0. The summed E-state index contributed by atoms with van der Waals surface area (Å²) in [6.45, 7) is 0. The molecule has 33 heavy (non-hydrogen) atoms. The quantitative estimate of drug-likeness (QED) is 0.168. The van der Waals surface area contributed by atoms with E-state index >= 15 is 0 Å². The largest absolute Gasteiger partial charge is 0.353 e. The van der Waals surface area contributed by atoms with Gasteiger partial charge in [0, 0.05) is 20.7 Å². The van der Waals surface area contributed by atoms with Gasteiger partial charge in [-0.25, -0.2) is 31.3 Å². The van der Waals surface area contributed by atoms with Crippen molar-refractivity contribution in [2.45, 2.75) is 9.79 Å². The van der Waals surface area contributed by atoms with Crippen molar-refractivity contribution in [2.75, 3.05) is 15.3 Å². The number of anilines is 4. The molecule has 0 fully saturated rings. The number of carbonyl (C=O) groups excluding carboxylic acids is 2. The molecule has 0 radical (unpaired) electrons. The second-order valence-electron chi connectivity index (χ2n) is 6.97. The third-order valence-electron chi connectivity index (χ3n) is 4.85. The standard InChI is InChI=1S/C22H21N7O2S2/c23-21(30)28(25)14-8-9-32-12-15(29(26)22(24)31)11-13(10-14)16-4-3-7-19-20(16)27-17-5-1-2-6-18(17)33-19/h1-12,27H,25-26H2,(H2,23,30)(H2,24,31). The number of nitrogens with one attached hydrogen (secondary N) is 1. The highest BCUT2D eigenvalue weighted by Gasteiger charge is 2.20. The molecule has 9 N–H and O–H groups in total. The highest BCUT2D eigenvalue weighted by Crippen LogP contribution is 2.48. The molecule has 4 amide bonds. The van der Waals surface area contributed by atoms with Gasteiger partial charge in [-0.1, -0.05) is 36.0 Å². The minimum atomic E-state index is -0.821. The number of hydrogen-bond donors (Lipinski definition) is 5. The number of para-hydroxylation sites is 2. The number of amides is 4. The first-order valence-corrected chi connectivity index (χ1v) is 11.4. The Balaban J connectivity index is 1.97. The highest BCUT2D eigenvalue weighted by atomic mass is 32.2. The van der Waals surface area contributed by atoms with Crippen molar-refractivity contribution >= 4 is 57.9 Å². The third-order valence-corrected chi connectivity index (χ3v) is 6.65. The van der Waals surface area contributed by atoms with Crippen LogP contribution in [0.3, 0.4) is 0 Å². The lowest BCUT2D eigenvalue weighted by atomic mass is 10.0. The molecule has 1 aliphatic heterocycles. The SMILES string of the molecule is NC(=O)N(N)c1ccscc(N(N)C(N)=O)cc(-c2cccc3c2Nc2ccccc2S3)c1. The Morgan fingerprint density at radius 1 is 0.818 bits per heavy atom. The predicted octanol–water partition coefficient (Wildman–Crippen LogP) is 4.27. The molecule has 0 saturated carbocycles. The normalized spacial score (nSPS) is 11.3. The van der Waals surface area contributed by atoms with Crippen LogP contribution in [0, 0.1) is 0 Å². The first-order chi connectivity index (χ1) is 15.8. The van der Waals surface area contributed by atoms with E-state index in [9.17, 15) is 9.59 Å². The molecule has 0 unspecified atom stereocenters. The number of benzene rings is 2. The van der Waals surface area contributed by atoms with E-state index in [-0.39, 0.29) is 0 Å². The lowest BCUT2D eigenvalue weighted by Crippen LogP contribution is -2.41. The van der Waals surface area contributed by atoms with Gasteiger partial charge >= 0.3 is 12.1 Å². The Bertz CT molecular complexity index is 1250. The Morgan fingerprint density at radius 3 is 2.24 bits per heavy atom. The number of carbonyl (C=O) groups is 2. The number of hydrazine groups is 2. The van der Waals surface area contributed by atoms with Crippen LogP contribution in [0.4, 0.5) is 32.3 Å². The maximum atomic E-state index is 11.8. The van der Waals surface area contributed by atoms with Gasteiger partial charge in [-0.15, -0.1) is 0 Å². The monoisotopic (exact) mass is 479 g/mol. The molecule has 0 spiro atoms. The Hall–Kier alpha value is -3.77. The molecule has 1 aliphatic rings. The molecule has 168 valence electrons. The molecule has 0 atom stereocenters. The first-order valence-electron chi connectivity index (χ1n) is 9.66. The van der Waals surface area contributed by atoms with Gasteiger partial charge in [-0.3, -0.25) is 0 Å². The summed E-state index contributed by atoms with van der Waals surface area (Å²) in [6.07, 6.45) is 0. The minimum absolute atomic E-state index is 0.347. The van der Waals surface area contributed by atoms with E-state index in [1.165, 1.54) is 11.3 Å². The van der Waals surface area contributed by atoms with Crippen molar-refractivity contribution in [3.63, 3.8) is 0 Å². The first kappa shape index (κ1) is 22.4. The summed E-state index contributed by atoms with van der Waals surface area (Å²) in [7, 11) is 0. The van der Waals surface area contributed by atoms with Gasteiger partial charge in [0.15, 0.2) is 0 Å². The fourth-order valence-electron chi connectivity index (χ4n) is 3.24. The van der Waals surface area contributed by atoms with Crippen LogP contribution in [-0.2, 0) is 0 Å². The molecule has 0 saturated heterocycles. The Kier molecular flexibility index (Phi) is 6.38. The van der Waals surface area contributed by atoms with Crippen LogP contribution in [0.25, 0.3) is 11.1 Å². The number of primary amides is 2. The van der Waals surface area contributed by atoms with Gasteiger partial charge in [0.1, 0.15) is 0 Å². The van der Waals surface area contributed by atoms with Crippen LogP contribution in [-0.4, -0.2) is 12.1 Å². The van der Waals surface area contributed by atoms with Gasteiger partial charge in [0.05, 0.1) is 22.7 Å². The summed E-state index contributed by atoms with van der Waals surface area (Å²) >= 11 is 2.87. The molecular weight excluding hydrogens is 458 g/mol. The molecule has 3 aromatic rings. The van der Waals surface area contributed by atoms with Crippen molar-refractivity contribution < 1.29 is 9.59 Å². The van der Waals surface area contributed by atoms with E-state index in [2.05, 4.69) is 5.32 Å². The highest BCUT2D eigenvalue weighted by molar-refractivity contribution is 7.99. The molecular formula is C22H21N7O2S2. The number of nitrogens with zero attached hydrogens (tertiary/aromatic N) is 2. The zero-order valence-corrected chi connectivity index (χ0v) is 18.9. The van der Waals surface area contributed by atoms with Crippen LogP contribution in [0.5, 0.6) is 0 Å². The van der Waals surface area contributed by atoms with Crippen LogP contribution >= 0.6 is 23.1 Å².